The van der Waals surface area contributed by atoms with Gasteiger partial charge < -0.3 is 5.32 Å². The van der Waals surface area contributed by atoms with Crippen molar-refractivity contribution in [3.05, 3.63) is 35.9 Å². The third-order valence-electron chi connectivity index (χ3n) is 4.18. The lowest BCUT2D eigenvalue weighted by Crippen LogP contribution is -2.23. The molecule has 1 aliphatic heterocycles. The number of nitrogens with one attached hydrogen (secondary N) is 1. The Morgan fingerprint density at radius 2 is 1.94 bits per heavy atom. The molecule has 0 aromatic heterocycles. The normalized spacial score (nSPS) is 24.6. The maximum atomic E-state index is 3.63. The van der Waals surface area contributed by atoms with Gasteiger partial charge in [-0.2, -0.15) is 0 Å². The summed E-state index contributed by atoms with van der Waals surface area (Å²) in [7, 11) is 0. The summed E-state index contributed by atoms with van der Waals surface area (Å²) in [5, 5.41) is 3.63. The second-order valence-corrected chi connectivity index (χ2v) is 5.89. The maximum absolute atomic E-state index is 3.63. The van der Waals surface area contributed by atoms with Crippen LogP contribution in [0.25, 0.3) is 0 Å². The topological polar surface area (TPSA) is 15.3 Å². The van der Waals surface area contributed by atoms with Crippen LogP contribution in [-0.2, 0) is 6.54 Å². The smallest absolute Gasteiger partial charge is 0.0233 e. The van der Waals surface area contributed by atoms with Crippen LogP contribution in [0.4, 0.5) is 0 Å². The summed E-state index contributed by atoms with van der Waals surface area (Å²) in [5.41, 5.74) is 1.45. The molecular formula is C16H24N2. The summed E-state index contributed by atoms with van der Waals surface area (Å²) in [6.45, 7) is 4.94. The van der Waals surface area contributed by atoms with E-state index < -0.39 is 0 Å². The van der Waals surface area contributed by atoms with Gasteiger partial charge in [-0.3, -0.25) is 4.90 Å². The number of nitrogens with zero attached hydrogens (tertiary/aromatic N) is 1. The Morgan fingerprint density at radius 3 is 2.72 bits per heavy atom. The largest absolute Gasteiger partial charge is 0.314 e. The van der Waals surface area contributed by atoms with E-state index in [1.807, 2.05) is 0 Å². The Bertz CT molecular complexity index is 359. The quantitative estimate of drug-likeness (QED) is 0.827. The van der Waals surface area contributed by atoms with Gasteiger partial charge in [-0.15, -0.1) is 0 Å². The second-order valence-electron chi connectivity index (χ2n) is 5.89. The molecule has 2 heteroatoms. The van der Waals surface area contributed by atoms with Crippen LogP contribution in [0, 0.1) is 5.92 Å². The van der Waals surface area contributed by atoms with E-state index in [1.54, 1.807) is 0 Å². The molecule has 98 valence electrons. The first-order chi connectivity index (χ1) is 8.90. The fraction of sp³-hybridized carbons (Fsp3) is 0.625. The Morgan fingerprint density at radius 1 is 1.11 bits per heavy atom. The van der Waals surface area contributed by atoms with E-state index in [1.165, 1.54) is 50.9 Å². The molecule has 0 radical (unpaired) electrons. The Balaban J connectivity index is 1.38. The molecule has 0 amide bonds. The molecule has 1 aromatic carbocycles. The van der Waals surface area contributed by atoms with Gasteiger partial charge in [0.2, 0.25) is 0 Å². The molecule has 1 saturated heterocycles. The van der Waals surface area contributed by atoms with Crippen LogP contribution >= 0.6 is 0 Å². The number of hydrogen-bond acceptors (Lipinski definition) is 2. The summed E-state index contributed by atoms with van der Waals surface area (Å²) in [5.74, 6) is 0.917. The molecule has 1 aliphatic carbocycles. The van der Waals surface area contributed by atoms with Crippen LogP contribution < -0.4 is 5.32 Å². The van der Waals surface area contributed by atoms with E-state index in [9.17, 15) is 0 Å². The van der Waals surface area contributed by atoms with Crippen molar-refractivity contribution in [2.75, 3.05) is 19.6 Å². The van der Waals surface area contributed by atoms with Gasteiger partial charge in [0.1, 0.15) is 0 Å². The van der Waals surface area contributed by atoms with Crippen molar-refractivity contribution in [1.29, 1.82) is 0 Å². The highest BCUT2D eigenvalue weighted by Crippen LogP contribution is 2.22. The first kappa shape index (κ1) is 12.2. The molecule has 0 spiro atoms. The highest BCUT2D eigenvalue weighted by Gasteiger charge is 2.24. The minimum absolute atomic E-state index is 0.867. The van der Waals surface area contributed by atoms with Crippen molar-refractivity contribution < 1.29 is 0 Å². The molecule has 1 saturated carbocycles. The van der Waals surface area contributed by atoms with Crippen molar-refractivity contribution >= 4 is 0 Å². The number of hydrogen-bond donors (Lipinski definition) is 1. The molecule has 18 heavy (non-hydrogen) atoms. The average Bonchev–Trinajstić information content (AvgIpc) is 3.11. The predicted molar refractivity (Wildman–Crippen MR) is 75.5 cm³/mol. The molecule has 1 N–H and O–H groups in total. The van der Waals surface area contributed by atoms with Gasteiger partial charge in [0, 0.05) is 19.1 Å². The third-order valence-corrected chi connectivity index (χ3v) is 4.18. The minimum atomic E-state index is 0.867. The van der Waals surface area contributed by atoms with Gasteiger partial charge in [-0.1, -0.05) is 30.3 Å². The molecule has 2 fully saturated rings. The number of likely N-dealkylation sites (tertiary alicyclic amines) is 1. The highest BCUT2D eigenvalue weighted by molar-refractivity contribution is 5.14. The van der Waals surface area contributed by atoms with Crippen molar-refractivity contribution in [2.24, 2.45) is 5.92 Å². The monoisotopic (exact) mass is 244 g/mol. The van der Waals surface area contributed by atoms with Crippen LogP contribution in [0.5, 0.6) is 0 Å². The summed E-state index contributed by atoms with van der Waals surface area (Å²) in [6.07, 6.45) is 5.57. The van der Waals surface area contributed by atoms with Gasteiger partial charge in [0.05, 0.1) is 0 Å². The lowest BCUT2D eigenvalue weighted by molar-refractivity contribution is 0.312. The van der Waals surface area contributed by atoms with Crippen molar-refractivity contribution in [1.82, 2.24) is 10.2 Å². The van der Waals surface area contributed by atoms with E-state index >= 15 is 0 Å². The van der Waals surface area contributed by atoms with Crippen LogP contribution in [0.2, 0.25) is 0 Å². The number of benzene rings is 1. The maximum Gasteiger partial charge on any atom is 0.0233 e. The number of rotatable bonds is 6. The molecule has 2 aliphatic rings. The molecule has 2 nitrogen and oxygen atoms in total. The minimum Gasteiger partial charge on any atom is -0.314 e. The van der Waals surface area contributed by atoms with Gasteiger partial charge in [0.25, 0.3) is 0 Å². The molecule has 1 unspecified atom stereocenters. The van der Waals surface area contributed by atoms with Crippen LogP contribution in [-0.4, -0.2) is 30.6 Å². The van der Waals surface area contributed by atoms with Gasteiger partial charge >= 0.3 is 0 Å². The van der Waals surface area contributed by atoms with E-state index in [0.29, 0.717) is 0 Å². The Labute approximate surface area is 110 Å². The SMILES string of the molecule is c1ccc(CN2CCC(CCNC3CC3)C2)cc1. The fourth-order valence-electron chi connectivity index (χ4n) is 2.91. The van der Waals surface area contributed by atoms with Gasteiger partial charge in [-0.25, -0.2) is 0 Å². The average molecular weight is 244 g/mol. The molecule has 1 heterocycles. The summed E-state index contributed by atoms with van der Waals surface area (Å²) in [4.78, 5) is 2.61. The standard InChI is InChI=1S/C16H24N2/c1-2-4-14(5-3-1)12-18-11-9-15(13-18)8-10-17-16-6-7-16/h1-5,15-17H,6-13H2. The van der Waals surface area contributed by atoms with Crippen LogP contribution in [0.15, 0.2) is 30.3 Å². The van der Waals surface area contributed by atoms with E-state index in [-0.39, 0.29) is 0 Å². The second kappa shape index (κ2) is 5.85. The van der Waals surface area contributed by atoms with Crippen LogP contribution in [0.1, 0.15) is 31.2 Å². The summed E-state index contributed by atoms with van der Waals surface area (Å²) < 4.78 is 0. The zero-order valence-electron chi connectivity index (χ0n) is 11.1. The Hall–Kier alpha value is -0.860. The summed E-state index contributed by atoms with van der Waals surface area (Å²) in [6, 6.07) is 11.7. The zero-order valence-corrected chi connectivity index (χ0v) is 11.1. The first-order valence-corrected chi connectivity index (χ1v) is 7.40. The van der Waals surface area contributed by atoms with Gasteiger partial charge in [-0.05, 0) is 50.3 Å². The summed E-state index contributed by atoms with van der Waals surface area (Å²) >= 11 is 0. The Kier molecular flexibility index (Phi) is 3.96. The first-order valence-electron chi connectivity index (χ1n) is 7.40. The molecule has 0 bridgehead atoms. The zero-order chi connectivity index (χ0) is 12.2. The lowest BCUT2D eigenvalue weighted by Gasteiger charge is -2.16. The lowest BCUT2D eigenvalue weighted by atomic mass is 10.1. The molecule has 1 aromatic rings. The van der Waals surface area contributed by atoms with Crippen molar-refractivity contribution in [3.63, 3.8) is 0 Å². The predicted octanol–water partition coefficient (Wildman–Crippen LogP) is 2.65. The third kappa shape index (κ3) is 3.56. The fourth-order valence-corrected chi connectivity index (χ4v) is 2.91. The molecule has 1 atom stereocenters. The van der Waals surface area contributed by atoms with Gasteiger partial charge in [0.15, 0.2) is 0 Å². The highest BCUT2D eigenvalue weighted by atomic mass is 15.1. The van der Waals surface area contributed by atoms with E-state index in [4.69, 9.17) is 0 Å². The van der Waals surface area contributed by atoms with Crippen molar-refractivity contribution in [2.45, 2.75) is 38.3 Å². The van der Waals surface area contributed by atoms with E-state index in [2.05, 4.69) is 40.5 Å². The van der Waals surface area contributed by atoms with Crippen molar-refractivity contribution in [3.8, 4) is 0 Å². The molecular weight excluding hydrogens is 220 g/mol. The van der Waals surface area contributed by atoms with Crippen LogP contribution in [0.3, 0.4) is 0 Å². The molecule has 3 rings (SSSR count). The van der Waals surface area contributed by atoms with E-state index in [0.717, 1.165) is 18.5 Å².